The van der Waals surface area contributed by atoms with Crippen LogP contribution in [0.15, 0.2) is 12.2 Å². The lowest BCUT2D eigenvalue weighted by Gasteiger charge is -2.38. The van der Waals surface area contributed by atoms with Crippen molar-refractivity contribution in [2.45, 2.75) is 32.7 Å². The van der Waals surface area contributed by atoms with Crippen LogP contribution in [0.25, 0.3) is 0 Å². The number of urea groups is 1. The molecule has 5 heteroatoms. The molecule has 102 valence electrons. The van der Waals surface area contributed by atoms with Crippen molar-refractivity contribution in [3.63, 3.8) is 0 Å². The monoisotopic (exact) mass is 254 g/mol. The maximum Gasteiger partial charge on any atom is 0.320 e. The highest BCUT2D eigenvalue weighted by Crippen LogP contribution is 2.23. The highest BCUT2D eigenvalue weighted by atomic mass is 16.4. The zero-order valence-electron chi connectivity index (χ0n) is 11.3. The largest absolute Gasteiger partial charge is 0.481 e. The standard InChI is InChI=1S/C13H22N2O3/c1-9(2)8-14(4)13(18)15-6-5-11(12(16)17)7-10(15)3/h10-11H,1,5-8H2,2-4H3,(H,16,17). The summed E-state index contributed by atoms with van der Waals surface area (Å²) in [6, 6.07) is -0.0748. The van der Waals surface area contributed by atoms with Gasteiger partial charge in [0.15, 0.2) is 0 Å². The first-order valence-electron chi connectivity index (χ1n) is 6.21. The number of likely N-dealkylation sites (N-methyl/N-ethyl adjacent to an activating group) is 1. The topological polar surface area (TPSA) is 60.9 Å². The summed E-state index contributed by atoms with van der Waals surface area (Å²) in [4.78, 5) is 26.5. The summed E-state index contributed by atoms with van der Waals surface area (Å²) in [6.07, 6.45) is 1.06. The van der Waals surface area contributed by atoms with E-state index in [1.807, 2.05) is 13.8 Å². The molecule has 0 aliphatic carbocycles. The molecule has 0 aromatic rings. The molecule has 1 heterocycles. The second-order valence-corrected chi connectivity index (χ2v) is 5.20. The predicted octanol–water partition coefficient (Wildman–Crippen LogP) is 1.80. The van der Waals surface area contributed by atoms with Crippen LogP contribution in [0.2, 0.25) is 0 Å². The molecule has 0 aromatic carbocycles. The number of carboxylic acids is 1. The Labute approximate surface area is 108 Å². The summed E-state index contributed by atoms with van der Waals surface area (Å²) in [7, 11) is 1.74. The fourth-order valence-corrected chi connectivity index (χ4v) is 2.37. The molecule has 2 unspecified atom stereocenters. The molecular formula is C13H22N2O3. The van der Waals surface area contributed by atoms with E-state index in [4.69, 9.17) is 5.11 Å². The Hall–Kier alpha value is -1.52. The predicted molar refractivity (Wildman–Crippen MR) is 69.4 cm³/mol. The molecule has 0 aromatic heterocycles. The summed E-state index contributed by atoms with van der Waals surface area (Å²) < 4.78 is 0. The minimum Gasteiger partial charge on any atom is -0.481 e. The van der Waals surface area contributed by atoms with Crippen molar-refractivity contribution >= 4 is 12.0 Å². The molecule has 0 radical (unpaired) electrons. The van der Waals surface area contributed by atoms with E-state index in [9.17, 15) is 9.59 Å². The van der Waals surface area contributed by atoms with E-state index >= 15 is 0 Å². The van der Waals surface area contributed by atoms with Crippen molar-refractivity contribution in [1.29, 1.82) is 0 Å². The Morgan fingerprint density at radius 2 is 2.11 bits per heavy atom. The molecule has 0 bridgehead atoms. The average Bonchev–Trinajstić information content (AvgIpc) is 2.26. The van der Waals surface area contributed by atoms with Crippen LogP contribution in [0, 0.1) is 5.92 Å². The van der Waals surface area contributed by atoms with E-state index in [1.54, 1.807) is 16.8 Å². The summed E-state index contributed by atoms with van der Waals surface area (Å²) >= 11 is 0. The molecule has 1 rings (SSSR count). The van der Waals surface area contributed by atoms with Crippen LogP contribution in [0.4, 0.5) is 4.79 Å². The smallest absolute Gasteiger partial charge is 0.320 e. The van der Waals surface area contributed by atoms with Gasteiger partial charge in [-0.1, -0.05) is 12.2 Å². The number of carbonyl (C=O) groups excluding carboxylic acids is 1. The molecule has 1 aliphatic rings. The number of aliphatic carboxylic acids is 1. The van der Waals surface area contributed by atoms with E-state index in [0.29, 0.717) is 25.9 Å². The number of hydrogen-bond acceptors (Lipinski definition) is 2. The van der Waals surface area contributed by atoms with E-state index in [-0.39, 0.29) is 18.0 Å². The van der Waals surface area contributed by atoms with E-state index < -0.39 is 5.97 Å². The van der Waals surface area contributed by atoms with Crippen molar-refractivity contribution in [2.24, 2.45) is 5.92 Å². The van der Waals surface area contributed by atoms with Crippen LogP contribution in [-0.4, -0.2) is 53.1 Å². The van der Waals surface area contributed by atoms with Gasteiger partial charge in [-0.2, -0.15) is 0 Å². The molecule has 2 atom stereocenters. The molecule has 1 saturated heterocycles. The van der Waals surface area contributed by atoms with Crippen LogP contribution in [-0.2, 0) is 4.79 Å². The third-order valence-corrected chi connectivity index (χ3v) is 3.30. The van der Waals surface area contributed by atoms with E-state index in [2.05, 4.69) is 6.58 Å². The quantitative estimate of drug-likeness (QED) is 0.781. The molecule has 1 fully saturated rings. The minimum absolute atomic E-state index is 0.0279. The van der Waals surface area contributed by atoms with Gasteiger partial charge in [0.25, 0.3) is 0 Å². The normalized spacial score (nSPS) is 23.6. The van der Waals surface area contributed by atoms with Gasteiger partial charge in [0.1, 0.15) is 0 Å². The molecule has 0 saturated carbocycles. The third-order valence-electron chi connectivity index (χ3n) is 3.30. The maximum absolute atomic E-state index is 12.2. The second-order valence-electron chi connectivity index (χ2n) is 5.20. The van der Waals surface area contributed by atoms with Gasteiger partial charge >= 0.3 is 12.0 Å². The molecule has 0 spiro atoms. The summed E-state index contributed by atoms with van der Waals surface area (Å²) in [6.45, 7) is 8.61. The first kappa shape index (κ1) is 14.5. The Morgan fingerprint density at radius 3 is 2.56 bits per heavy atom. The lowest BCUT2D eigenvalue weighted by molar-refractivity contribution is -0.143. The lowest BCUT2D eigenvalue weighted by Crippen LogP contribution is -2.50. The molecule has 1 aliphatic heterocycles. The fourth-order valence-electron chi connectivity index (χ4n) is 2.37. The average molecular weight is 254 g/mol. The summed E-state index contributed by atoms with van der Waals surface area (Å²) in [5.74, 6) is -1.08. The van der Waals surface area contributed by atoms with Gasteiger partial charge in [0.2, 0.25) is 0 Å². The van der Waals surface area contributed by atoms with E-state index in [1.165, 1.54) is 0 Å². The van der Waals surface area contributed by atoms with Gasteiger partial charge in [-0.25, -0.2) is 4.79 Å². The van der Waals surface area contributed by atoms with Crippen molar-refractivity contribution in [3.8, 4) is 0 Å². The summed E-state index contributed by atoms with van der Waals surface area (Å²) in [5.41, 5.74) is 0.930. The van der Waals surface area contributed by atoms with Gasteiger partial charge in [-0.3, -0.25) is 4.79 Å². The Kier molecular flexibility index (Phi) is 4.76. The number of carboxylic acid groups (broad SMARTS) is 1. The van der Waals surface area contributed by atoms with Crippen molar-refractivity contribution in [2.75, 3.05) is 20.1 Å². The Balaban J connectivity index is 2.60. The molecule has 5 nitrogen and oxygen atoms in total. The molecule has 2 amide bonds. The van der Waals surface area contributed by atoms with Gasteiger partial charge in [-0.05, 0) is 26.7 Å². The number of likely N-dealkylation sites (tertiary alicyclic amines) is 1. The zero-order chi connectivity index (χ0) is 13.9. The van der Waals surface area contributed by atoms with Crippen LogP contribution >= 0.6 is 0 Å². The van der Waals surface area contributed by atoms with Crippen LogP contribution in [0.5, 0.6) is 0 Å². The van der Waals surface area contributed by atoms with Gasteiger partial charge < -0.3 is 14.9 Å². The number of amides is 2. The lowest BCUT2D eigenvalue weighted by atomic mass is 9.92. The summed E-state index contributed by atoms with van der Waals surface area (Å²) in [5, 5.41) is 8.98. The number of rotatable bonds is 3. The molecule has 18 heavy (non-hydrogen) atoms. The number of carbonyl (C=O) groups is 2. The number of hydrogen-bond donors (Lipinski definition) is 1. The SMILES string of the molecule is C=C(C)CN(C)C(=O)N1CCC(C(=O)O)CC1C. The Bertz CT molecular complexity index is 354. The number of piperidine rings is 1. The molecule has 1 N–H and O–H groups in total. The zero-order valence-corrected chi connectivity index (χ0v) is 11.3. The fraction of sp³-hybridized carbons (Fsp3) is 0.692. The van der Waals surface area contributed by atoms with E-state index in [0.717, 1.165) is 5.57 Å². The van der Waals surface area contributed by atoms with Crippen LogP contribution in [0.1, 0.15) is 26.7 Å². The maximum atomic E-state index is 12.2. The molecular weight excluding hydrogens is 232 g/mol. The van der Waals surface area contributed by atoms with Gasteiger partial charge in [-0.15, -0.1) is 0 Å². The van der Waals surface area contributed by atoms with Crippen molar-refractivity contribution in [3.05, 3.63) is 12.2 Å². The minimum atomic E-state index is -0.760. The van der Waals surface area contributed by atoms with Crippen molar-refractivity contribution < 1.29 is 14.7 Å². The first-order chi connectivity index (χ1) is 8.32. The second kappa shape index (κ2) is 5.89. The first-order valence-corrected chi connectivity index (χ1v) is 6.21. The third kappa shape index (κ3) is 3.48. The highest BCUT2D eigenvalue weighted by Gasteiger charge is 2.33. The van der Waals surface area contributed by atoms with Crippen molar-refractivity contribution in [1.82, 2.24) is 9.80 Å². The van der Waals surface area contributed by atoms with Gasteiger partial charge in [0, 0.05) is 26.2 Å². The number of nitrogens with zero attached hydrogens (tertiary/aromatic N) is 2. The Morgan fingerprint density at radius 1 is 1.50 bits per heavy atom. The van der Waals surface area contributed by atoms with Gasteiger partial charge in [0.05, 0.1) is 5.92 Å². The van der Waals surface area contributed by atoms with Crippen LogP contribution < -0.4 is 0 Å². The van der Waals surface area contributed by atoms with Crippen LogP contribution in [0.3, 0.4) is 0 Å². The highest BCUT2D eigenvalue weighted by molar-refractivity contribution is 5.76.